The van der Waals surface area contributed by atoms with Gasteiger partial charge in [0.1, 0.15) is 5.75 Å². The fourth-order valence-electron chi connectivity index (χ4n) is 1.90. The number of halogens is 1. The van der Waals surface area contributed by atoms with E-state index < -0.39 is 0 Å². The molecule has 0 bridgehead atoms. The summed E-state index contributed by atoms with van der Waals surface area (Å²) >= 11 is 3.56. The van der Waals surface area contributed by atoms with Crippen molar-refractivity contribution < 1.29 is 4.74 Å². The Bertz CT molecular complexity index is 540. The lowest BCUT2D eigenvalue weighted by Crippen LogP contribution is -1.98. The van der Waals surface area contributed by atoms with Gasteiger partial charge in [-0.2, -0.15) is 0 Å². The molecule has 0 saturated carbocycles. The second kappa shape index (κ2) is 5.91. The van der Waals surface area contributed by atoms with Gasteiger partial charge in [-0.1, -0.05) is 40.2 Å². The molecule has 0 heterocycles. The molecule has 3 heteroatoms. The molecule has 0 aliphatic heterocycles. The number of aryl methyl sites for hydroxylation is 2. The molecule has 2 rings (SSSR count). The van der Waals surface area contributed by atoms with E-state index in [2.05, 4.69) is 34.1 Å². The number of hydrogen-bond donors (Lipinski definition) is 1. The highest BCUT2D eigenvalue weighted by Gasteiger charge is 2.04. The van der Waals surface area contributed by atoms with E-state index in [0.717, 1.165) is 34.3 Å². The van der Waals surface area contributed by atoms with Crippen molar-refractivity contribution in [3.8, 4) is 5.75 Å². The maximum Gasteiger partial charge on any atom is 0.120 e. The molecule has 2 N–H and O–H groups in total. The van der Waals surface area contributed by atoms with Gasteiger partial charge >= 0.3 is 0 Å². The quantitative estimate of drug-likeness (QED) is 0.871. The van der Waals surface area contributed by atoms with Gasteiger partial charge in [0.2, 0.25) is 0 Å². The van der Waals surface area contributed by atoms with Crippen molar-refractivity contribution in [3.63, 3.8) is 0 Å². The van der Waals surface area contributed by atoms with Gasteiger partial charge < -0.3 is 10.5 Å². The minimum absolute atomic E-state index is 0.793. The van der Waals surface area contributed by atoms with Crippen molar-refractivity contribution in [3.05, 3.63) is 58.1 Å². The molecule has 0 aliphatic rings. The fraction of sp³-hybridized carbons (Fsp3) is 0.200. The number of hydrogen-bond acceptors (Lipinski definition) is 2. The summed E-state index contributed by atoms with van der Waals surface area (Å²) in [5.41, 5.74) is 9.26. The predicted octanol–water partition coefficient (Wildman–Crippen LogP) is 3.83. The van der Waals surface area contributed by atoms with Crippen LogP contribution in [-0.4, -0.2) is 7.11 Å². The Balaban J connectivity index is 2.09. The Morgan fingerprint density at radius 3 is 2.44 bits per heavy atom. The predicted molar refractivity (Wildman–Crippen MR) is 79.0 cm³/mol. The van der Waals surface area contributed by atoms with Crippen LogP contribution in [0, 0.1) is 0 Å². The summed E-state index contributed by atoms with van der Waals surface area (Å²) in [7, 11) is 1.65. The van der Waals surface area contributed by atoms with Crippen molar-refractivity contribution in [2.75, 3.05) is 12.8 Å². The standard InChI is InChI=1S/C15H16BrNO/c1-18-13-9-8-12(15(17)10-13)7-6-11-4-2-3-5-14(11)16/h2-5,8-10H,6-7,17H2,1H3. The number of nitrogens with two attached hydrogens (primary N) is 1. The minimum Gasteiger partial charge on any atom is -0.497 e. The monoisotopic (exact) mass is 305 g/mol. The molecule has 0 amide bonds. The molecular weight excluding hydrogens is 290 g/mol. The molecule has 18 heavy (non-hydrogen) atoms. The first kappa shape index (κ1) is 13.0. The summed E-state index contributed by atoms with van der Waals surface area (Å²) < 4.78 is 6.29. The summed E-state index contributed by atoms with van der Waals surface area (Å²) in [6.07, 6.45) is 1.90. The van der Waals surface area contributed by atoms with E-state index in [9.17, 15) is 0 Å². The second-order valence-corrected chi connectivity index (χ2v) is 5.01. The third kappa shape index (κ3) is 3.05. The average molecular weight is 306 g/mol. The molecule has 0 fully saturated rings. The lowest BCUT2D eigenvalue weighted by Gasteiger charge is -2.09. The molecule has 94 valence electrons. The molecule has 0 aliphatic carbocycles. The fourth-order valence-corrected chi connectivity index (χ4v) is 2.38. The van der Waals surface area contributed by atoms with Gasteiger partial charge in [-0.25, -0.2) is 0 Å². The van der Waals surface area contributed by atoms with E-state index in [1.54, 1.807) is 7.11 Å². The van der Waals surface area contributed by atoms with Gasteiger partial charge in [-0.05, 0) is 36.1 Å². The van der Waals surface area contributed by atoms with E-state index in [1.165, 1.54) is 5.56 Å². The molecule has 2 aromatic rings. The molecule has 2 nitrogen and oxygen atoms in total. The van der Waals surface area contributed by atoms with Gasteiger partial charge in [0.25, 0.3) is 0 Å². The highest BCUT2D eigenvalue weighted by atomic mass is 79.9. The smallest absolute Gasteiger partial charge is 0.120 e. The van der Waals surface area contributed by atoms with Crippen LogP contribution in [0.25, 0.3) is 0 Å². The highest BCUT2D eigenvalue weighted by molar-refractivity contribution is 9.10. The van der Waals surface area contributed by atoms with E-state index in [0.29, 0.717) is 0 Å². The molecular formula is C15H16BrNO. The highest BCUT2D eigenvalue weighted by Crippen LogP contribution is 2.23. The van der Waals surface area contributed by atoms with Gasteiger partial charge in [0, 0.05) is 16.2 Å². The van der Waals surface area contributed by atoms with Gasteiger partial charge in [-0.15, -0.1) is 0 Å². The molecule has 0 atom stereocenters. The van der Waals surface area contributed by atoms with Crippen molar-refractivity contribution in [1.29, 1.82) is 0 Å². The van der Waals surface area contributed by atoms with E-state index in [1.807, 2.05) is 24.3 Å². The normalized spacial score (nSPS) is 10.3. The van der Waals surface area contributed by atoms with Crippen LogP contribution in [0.15, 0.2) is 46.9 Å². The molecule has 0 spiro atoms. The van der Waals surface area contributed by atoms with Crippen molar-refractivity contribution in [2.45, 2.75) is 12.8 Å². The van der Waals surface area contributed by atoms with Crippen molar-refractivity contribution in [1.82, 2.24) is 0 Å². The second-order valence-electron chi connectivity index (χ2n) is 4.16. The first-order valence-corrected chi connectivity index (χ1v) is 6.66. The van der Waals surface area contributed by atoms with Crippen LogP contribution in [-0.2, 0) is 12.8 Å². The Morgan fingerprint density at radius 1 is 1.06 bits per heavy atom. The minimum atomic E-state index is 0.793. The van der Waals surface area contributed by atoms with Gasteiger partial charge in [0.05, 0.1) is 7.11 Å². The first-order valence-electron chi connectivity index (χ1n) is 5.86. The lowest BCUT2D eigenvalue weighted by atomic mass is 10.0. The van der Waals surface area contributed by atoms with Gasteiger partial charge in [0.15, 0.2) is 0 Å². The Hall–Kier alpha value is -1.48. The van der Waals surface area contributed by atoms with E-state index >= 15 is 0 Å². The third-order valence-electron chi connectivity index (χ3n) is 2.97. The van der Waals surface area contributed by atoms with E-state index in [4.69, 9.17) is 10.5 Å². The van der Waals surface area contributed by atoms with E-state index in [-0.39, 0.29) is 0 Å². The Labute approximate surface area is 116 Å². The van der Waals surface area contributed by atoms with Crippen LogP contribution >= 0.6 is 15.9 Å². The topological polar surface area (TPSA) is 35.2 Å². The summed E-state index contributed by atoms with van der Waals surface area (Å²) in [4.78, 5) is 0. The number of anilines is 1. The third-order valence-corrected chi connectivity index (χ3v) is 3.75. The SMILES string of the molecule is COc1ccc(CCc2ccccc2Br)c(N)c1. The Kier molecular flexibility index (Phi) is 4.26. The average Bonchev–Trinajstić information content (AvgIpc) is 2.39. The first-order chi connectivity index (χ1) is 8.70. The molecule has 2 aromatic carbocycles. The lowest BCUT2D eigenvalue weighted by molar-refractivity contribution is 0.415. The van der Waals surface area contributed by atoms with Crippen molar-refractivity contribution in [2.24, 2.45) is 0 Å². The number of ether oxygens (including phenoxy) is 1. The number of rotatable bonds is 4. The van der Waals surface area contributed by atoms with Crippen LogP contribution in [0.4, 0.5) is 5.69 Å². The van der Waals surface area contributed by atoms with Crippen LogP contribution < -0.4 is 10.5 Å². The molecule has 0 aromatic heterocycles. The van der Waals surface area contributed by atoms with Gasteiger partial charge in [-0.3, -0.25) is 0 Å². The zero-order valence-electron chi connectivity index (χ0n) is 10.3. The van der Waals surface area contributed by atoms with Crippen LogP contribution in [0.5, 0.6) is 5.75 Å². The van der Waals surface area contributed by atoms with Crippen molar-refractivity contribution >= 4 is 21.6 Å². The van der Waals surface area contributed by atoms with Crippen LogP contribution in [0.3, 0.4) is 0 Å². The zero-order chi connectivity index (χ0) is 13.0. The largest absolute Gasteiger partial charge is 0.497 e. The maximum absolute atomic E-state index is 6.01. The number of benzene rings is 2. The van der Waals surface area contributed by atoms with Crippen LogP contribution in [0.1, 0.15) is 11.1 Å². The summed E-state index contributed by atoms with van der Waals surface area (Å²) in [5.74, 6) is 0.803. The Morgan fingerprint density at radius 2 is 1.78 bits per heavy atom. The van der Waals surface area contributed by atoms with Crippen LogP contribution in [0.2, 0.25) is 0 Å². The number of nitrogen functional groups attached to an aromatic ring is 1. The molecule has 0 saturated heterocycles. The molecule has 0 unspecified atom stereocenters. The summed E-state index contributed by atoms with van der Waals surface area (Å²) in [5, 5.41) is 0. The number of methoxy groups -OCH3 is 1. The molecule has 0 radical (unpaired) electrons. The zero-order valence-corrected chi connectivity index (χ0v) is 11.9. The maximum atomic E-state index is 6.01. The summed E-state index contributed by atoms with van der Waals surface area (Å²) in [6, 6.07) is 14.1. The summed E-state index contributed by atoms with van der Waals surface area (Å²) in [6.45, 7) is 0.